The molecule has 0 radical (unpaired) electrons. The van der Waals surface area contributed by atoms with Gasteiger partial charge >= 0.3 is 5.97 Å². The van der Waals surface area contributed by atoms with Gasteiger partial charge in [0.2, 0.25) is 0 Å². The van der Waals surface area contributed by atoms with Crippen LogP contribution in [0.25, 0.3) is 11.0 Å². The highest BCUT2D eigenvalue weighted by atomic mass is 16.6. The van der Waals surface area contributed by atoms with Crippen LogP contribution in [-0.2, 0) is 15.6 Å². The number of carboxylic acids is 1. The fourth-order valence-electron chi connectivity index (χ4n) is 4.68. The number of nitro benzene ring substituents is 1. The van der Waals surface area contributed by atoms with E-state index in [4.69, 9.17) is 0 Å². The predicted octanol–water partition coefficient (Wildman–Crippen LogP) is 2.95. The quantitative estimate of drug-likeness (QED) is 0.671. The number of hydrogen-bond acceptors (Lipinski definition) is 5. The molecule has 2 atom stereocenters. The third-order valence-electron chi connectivity index (χ3n) is 6.60. The Balaban J connectivity index is 2.08. The molecule has 1 saturated carbocycles. The van der Waals surface area contributed by atoms with E-state index in [1.807, 2.05) is 13.8 Å². The van der Waals surface area contributed by atoms with Gasteiger partial charge in [-0.2, -0.15) is 0 Å². The van der Waals surface area contributed by atoms with Crippen molar-refractivity contribution in [3.63, 3.8) is 0 Å². The van der Waals surface area contributed by atoms with Gasteiger partial charge in [0.05, 0.1) is 27.3 Å². The van der Waals surface area contributed by atoms with Crippen molar-refractivity contribution in [1.29, 1.82) is 0 Å². The molecule has 2 aliphatic rings. The number of nitrogens with zero attached hydrogens (tertiary/aromatic N) is 3. The summed E-state index contributed by atoms with van der Waals surface area (Å²) in [4.78, 5) is 32.0. The van der Waals surface area contributed by atoms with Crippen LogP contribution in [-0.4, -0.2) is 26.0 Å². The minimum Gasteiger partial charge on any atom is -0.481 e. The first kappa shape index (κ1) is 15.0. The average Bonchev–Trinajstić information content (AvgIpc) is 2.81. The molecule has 0 spiro atoms. The molecule has 2 aliphatic carbocycles. The van der Waals surface area contributed by atoms with E-state index in [9.17, 15) is 20.0 Å². The number of aliphatic carboxylic acids is 1. The summed E-state index contributed by atoms with van der Waals surface area (Å²) >= 11 is 0. The topological polar surface area (TPSA) is 106 Å². The second-order valence-corrected chi connectivity index (χ2v) is 7.52. The molecular formula is C17H17N3O4. The molecule has 1 heterocycles. The van der Waals surface area contributed by atoms with E-state index in [2.05, 4.69) is 16.9 Å². The summed E-state index contributed by atoms with van der Waals surface area (Å²) < 4.78 is 0. The van der Waals surface area contributed by atoms with Gasteiger partial charge in [-0.15, -0.1) is 0 Å². The first-order valence-electron chi connectivity index (χ1n) is 7.86. The third-order valence-corrected chi connectivity index (χ3v) is 6.60. The Hall–Kier alpha value is -2.57. The van der Waals surface area contributed by atoms with Gasteiger partial charge in [-0.25, -0.2) is 9.97 Å². The van der Waals surface area contributed by atoms with Crippen LogP contribution < -0.4 is 0 Å². The monoisotopic (exact) mass is 327 g/mol. The number of benzene rings is 1. The van der Waals surface area contributed by atoms with Gasteiger partial charge in [-0.1, -0.05) is 20.8 Å². The van der Waals surface area contributed by atoms with E-state index < -0.39 is 21.7 Å². The average molecular weight is 327 g/mol. The van der Waals surface area contributed by atoms with Crippen LogP contribution in [0.15, 0.2) is 18.2 Å². The Morgan fingerprint density at radius 2 is 1.83 bits per heavy atom. The highest BCUT2D eigenvalue weighted by Crippen LogP contribution is 2.70. The van der Waals surface area contributed by atoms with Crippen LogP contribution in [0, 0.1) is 15.5 Å². The fraction of sp³-hybridized carbons (Fsp3) is 0.471. The number of carbonyl (C=O) groups is 1. The van der Waals surface area contributed by atoms with Gasteiger partial charge in [0.1, 0.15) is 5.41 Å². The number of hydrogen-bond donors (Lipinski definition) is 1. The van der Waals surface area contributed by atoms with Crippen molar-refractivity contribution in [3.8, 4) is 0 Å². The fourth-order valence-corrected chi connectivity index (χ4v) is 4.68. The van der Waals surface area contributed by atoms with Crippen molar-refractivity contribution < 1.29 is 14.8 Å². The Labute approximate surface area is 137 Å². The van der Waals surface area contributed by atoms with Crippen molar-refractivity contribution in [2.24, 2.45) is 5.41 Å². The third kappa shape index (κ3) is 1.37. The Morgan fingerprint density at radius 3 is 2.46 bits per heavy atom. The lowest BCUT2D eigenvalue weighted by molar-refractivity contribution is -0.384. The molecule has 0 amide bonds. The van der Waals surface area contributed by atoms with Crippen molar-refractivity contribution in [1.82, 2.24) is 9.97 Å². The maximum Gasteiger partial charge on any atom is 0.316 e. The maximum absolute atomic E-state index is 12.2. The van der Waals surface area contributed by atoms with E-state index in [-0.39, 0.29) is 11.1 Å². The minimum atomic E-state index is -1.09. The molecule has 0 unspecified atom stereocenters. The summed E-state index contributed by atoms with van der Waals surface area (Å²) in [6.07, 6.45) is 1.25. The van der Waals surface area contributed by atoms with Crippen LogP contribution in [0.4, 0.5) is 5.69 Å². The molecule has 124 valence electrons. The number of fused-ring (bicyclic) bond motifs is 6. The predicted molar refractivity (Wildman–Crippen MR) is 85.9 cm³/mol. The first-order valence-corrected chi connectivity index (χ1v) is 7.86. The van der Waals surface area contributed by atoms with E-state index in [0.29, 0.717) is 23.1 Å². The molecule has 2 bridgehead atoms. The molecule has 2 aromatic rings. The Bertz CT molecular complexity index is 939. The molecule has 7 heteroatoms. The van der Waals surface area contributed by atoms with Crippen molar-refractivity contribution in [3.05, 3.63) is 39.7 Å². The largest absolute Gasteiger partial charge is 0.481 e. The SMILES string of the molecule is CC1(C)[C@@]2(C)CC[C@@]1(C(=O)O)c1nc3cc([N+](=O)[O-])ccc3nc12. The van der Waals surface area contributed by atoms with Crippen molar-refractivity contribution in [2.45, 2.75) is 44.4 Å². The normalized spacial score (nSPS) is 29.6. The maximum atomic E-state index is 12.2. The first-order chi connectivity index (χ1) is 11.1. The second-order valence-electron chi connectivity index (χ2n) is 7.52. The summed E-state index contributed by atoms with van der Waals surface area (Å²) in [5, 5.41) is 21.0. The zero-order valence-electron chi connectivity index (χ0n) is 13.7. The summed E-state index contributed by atoms with van der Waals surface area (Å²) in [6, 6.07) is 4.34. The summed E-state index contributed by atoms with van der Waals surface area (Å²) in [5.74, 6) is -0.894. The van der Waals surface area contributed by atoms with Gasteiger partial charge in [-0.05, 0) is 24.3 Å². The van der Waals surface area contributed by atoms with Crippen LogP contribution in [0.2, 0.25) is 0 Å². The van der Waals surface area contributed by atoms with Gasteiger partial charge in [0, 0.05) is 17.5 Å². The number of carboxylic acid groups (broad SMARTS) is 1. The van der Waals surface area contributed by atoms with Gasteiger partial charge in [0.15, 0.2) is 0 Å². The molecule has 4 rings (SSSR count). The lowest BCUT2D eigenvalue weighted by atomic mass is 9.64. The molecule has 1 N–H and O–H groups in total. The summed E-state index contributed by atoms with van der Waals surface area (Å²) in [7, 11) is 0. The highest BCUT2D eigenvalue weighted by molar-refractivity contribution is 5.88. The van der Waals surface area contributed by atoms with E-state index in [0.717, 1.165) is 12.1 Å². The molecule has 7 nitrogen and oxygen atoms in total. The highest BCUT2D eigenvalue weighted by Gasteiger charge is 2.73. The van der Waals surface area contributed by atoms with E-state index >= 15 is 0 Å². The second kappa shape index (κ2) is 4.09. The standard InChI is InChI=1S/C17H17N3O4/c1-15(2)16(3)6-7-17(15,14(21)22)13-12(16)18-10-5-4-9(20(23)24)8-11(10)19-13/h4-5,8H,6-7H2,1-3H3,(H,21,22)/t16-,17-/m0/s1. The molecule has 0 aliphatic heterocycles. The minimum absolute atomic E-state index is 0.0743. The lowest BCUT2D eigenvalue weighted by Gasteiger charge is -2.37. The molecular weight excluding hydrogens is 310 g/mol. The van der Waals surface area contributed by atoms with Crippen LogP contribution in [0.3, 0.4) is 0 Å². The van der Waals surface area contributed by atoms with E-state index in [1.54, 1.807) is 6.07 Å². The molecule has 1 aromatic carbocycles. The molecule has 24 heavy (non-hydrogen) atoms. The number of rotatable bonds is 2. The van der Waals surface area contributed by atoms with Crippen LogP contribution >= 0.6 is 0 Å². The number of non-ortho nitro benzene ring substituents is 1. The Morgan fingerprint density at radius 1 is 1.17 bits per heavy atom. The summed E-state index contributed by atoms with van der Waals surface area (Å²) in [6.45, 7) is 5.98. The zero-order chi connectivity index (χ0) is 17.5. The molecule has 1 fully saturated rings. The van der Waals surface area contributed by atoms with Crippen LogP contribution in [0.5, 0.6) is 0 Å². The number of aromatic nitrogens is 2. The summed E-state index contributed by atoms with van der Waals surface area (Å²) in [5.41, 5.74) is 0.0587. The van der Waals surface area contributed by atoms with Gasteiger partial charge < -0.3 is 5.11 Å². The zero-order valence-corrected chi connectivity index (χ0v) is 13.7. The molecule has 0 saturated heterocycles. The molecule has 1 aromatic heterocycles. The Kier molecular flexibility index (Phi) is 2.55. The number of nitro groups is 1. The van der Waals surface area contributed by atoms with Crippen molar-refractivity contribution in [2.75, 3.05) is 0 Å². The van der Waals surface area contributed by atoms with Crippen LogP contribution in [0.1, 0.15) is 45.0 Å². The lowest BCUT2D eigenvalue weighted by Crippen LogP contribution is -2.45. The van der Waals surface area contributed by atoms with Gasteiger partial charge in [0.25, 0.3) is 5.69 Å². The van der Waals surface area contributed by atoms with Crippen molar-refractivity contribution >= 4 is 22.7 Å². The smallest absolute Gasteiger partial charge is 0.316 e. The van der Waals surface area contributed by atoms with E-state index in [1.165, 1.54) is 12.1 Å². The van der Waals surface area contributed by atoms with Gasteiger partial charge in [-0.3, -0.25) is 14.9 Å².